The summed E-state index contributed by atoms with van der Waals surface area (Å²) < 4.78 is 44.2. The summed E-state index contributed by atoms with van der Waals surface area (Å²) in [5, 5.41) is 2.57. The number of ether oxygens (including phenoxy) is 1. The van der Waals surface area contributed by atoms with E-state index in [0.29, 0.717) is 15.8 Å². The molecule has 0 bridgehead atoms. The number of nitrogens with one attached hydrogen (secondary N) is 1. The lowest BCUT2D eigenvalue weighted by atomic mass is 10.1. The fourth-order valence-corrected chi connectivity index (χ4v) is 2.35. The molecule has 1 atom stereocenters. The third-order valence-electron chi connectivity index (χ3n) is 3.23. The van der Waals surface area contributed by atoms with Crippen LogP contribution in [-0.2, 0) is 17.5 Å². The van der Waals surface area contributed by atoms with Crippen LogP contribution in [0.1, 0.15) is 18.1 Å². The molecule has 7 heteroatoms. The highest BCUT2D eigenvalue weighted by Crippen LogP contribution is 2.29. The van der Waals surface area contributed by atoms with E-state index in [4.69, 9.17) is 4.74 Å². The number of carbonyl (C=O) groups is 1. The number of hydrogen-bond acceptors (Lipinski definition) is 2. The molecule has 1 unspecified atom stereocenters. The average Bonchev–Trinajstić information content (AvgIpc) is 2.54. The quantitative estimate of drug-likeness (QED) is 0.797. The van der Waals surface area contributed by atoms with E-state index in [1.165, 1.54) is 12.1 Å². The first-order chi connectivity index (χ1) is 11.3. The van der Waals surface area contributed by atoms with Gasteiger partial charge in [0.05, 0.1) is 10.0 Å². The average molecular weight is 402 g/mol. The summed E-state index contributed by atoms with van der Waals surface area (Å²) in [7, 11) is 0. The van der Waals surface area contributed by atoms with Crippen molar-refractivity contribution in [3.05, 3.63) is 64.1 Å². The first-order valence-corrected chi connectivity index (χ1v) is 7.91. The summed E-state index contributed by atoms with van der Waals surface area (Å²) in [6.45, 7) is 1.56. The molecule has 0 aliphatic carbocycles. The molecule has 1 N–H and O–H groups in total. The second kappa shape index (κ2) is 7.70. The number of alkyl halides is 3. The van der Waals surface area contributed by atoms with Gasteiger partial charge in [0, 0.05) is 6.54 Å². The van der Waals surface area contributed by atoms with Gasteiger partial charge in [-0.2, -0.15) is 13.2 Å². The smallest absolute Gasteiger partial charge is 0.416 e. The lowest BCUT2D eigenvalue weighted by Crippen LogP contribution is -2.36. The Morgan fingerprint density at radius 2 is 1.92 bits per heavy atom. The van der Waals surface area contributed by atoms with Crippen molar-refractivity contribution in [2.24, 2.45) is 0 Å². The standard InChI is InChI=1S/C17H15BrF3NO2/c1-11(24-15-8-3-2-7-14(15)18)16(23)22-10-12-5-4-6-13(9-12)17(19,20)21/h2-9,11H,10H2,1H3,(H,22,23). The maximum atomic E-state index is 12.7. The lowest BCUT2D eigenvalue weighted by Gasteiger charge is -2.16. The highest BCUT2D eigenvalue weighted by atomic mass is 79.9. The van der Waals surface area contributed by atoms with Crippen molar-refractivity contribution in [2.45, 2.75) is 25.7 Å². The molecule has 0 heterocycles. The topological polar surface area (TPSA) is 38.3 Å². The molecule has 1 amide bonds. The maximum absolute atomic E-state index is 12.7. The van der Waals surface area contributed by atoms with Crippen LogP contribution in [0.3, 0.4) is 0 Å². The molecule has 2 rings (SSSR count). The van der Waals surface area contributed by atoms with Gasteiger partial charge in [-0.15, -0.1) is 0 Å². The van der Waals surface area contributed by atoms with Gasteiger partial charge in [-0.25, -0.2) is 0 Å². The Hall–Kier alpha value is -2.02. The molecular formula is C17H15BrF3NO2. The van der Waals surface area contributed by atoms with Gasteiger partial charge in [0.15, 0.2) is 6.10 Å². The van der Waals surface area contributed by atoms with E-state index in [9.17, 15) is 18.0 Å². The van der Waals surface area contributed by atoms with Gasteiger partial charge in [0.25, 0.3) is 5.91 Å². The van der Waals surface area contributed by atoms with Crippen LogP contribution in [0.25, 0.3) is 0 Å². The molecule has 0 fully saturated rings. The number of carbonyl (C=O) groups excluding carboxylic acids is 1. The van der Waals surface area contributed by atoms with Gasteiger partial charge in [-0.1, -0.05) is 24.3 Å². The van der Waals surface area contributed by atoms with Crippen LogP contribution in [0.15, 0.2) is 53.0 Å². The number of benzene rings is 2. The van der Waals surface area contributed by atoms with E-state index in [2.05, 4.69) is 21.2 Å². The van der Waals surface area contributed by atoms with Crippen LogP contribution in [0.2, 0.25) is 0 Å². The molecule has 3 nitrogen and oxygen atoms in total. The van der Waals surface area contributed by atoms with Gasteiger partial charge in [0.1, 0.15) is 5.75 Å². The Morgan fingerprint density at radius 3 is 2.58 bits per heavy atom. The van der Waals surface area contributed by atoms with Crippen LogP contribution in [0.4, 0.5) is 13.2 Å². The molecule has 0 saturated heterocycles. The zero-order valence-electron chi connectivity index (χ0n) is 12.7. The van der Waals surface area contributed by atoms with Crippen molar-refractivity contribution in [1.29, 1.82) is 0 Å². The molecule has 2 aromatic carbocycles. The van der Waals surface area contributed by atoms with E-state index in [0.717, 1.165) is 12.1 Å². The maximum Gasteiger partial charge on any atom is 0.416 e. The summed E-state index contributed by atoms with van der Waals surface area (Å²) in [5.41, 5.74) is -0.377. The van der Waals surface area contributed by atoms with Gasteiger partial charge in [-0.3, -0.25) is 4.79 Å². The minimum Gasteiger partial charge on any atom is -0.480 e. The third kappa shape index (κ3) is 4.99. The van der Waals surface area contributed by atoms with Crippen LogP contribution in [-0.4, -0.2) is 12.0 Å². The fraction of sp³-hybridized carbons (Fsp3) is 0.235. The number of rotatable bonds is 5. The van der Waals surface area contributed by atoms with Crippen molar-refractivity contribution in [2.75, 3.05) is 0 Å². The first kappa shape index (κ1) is 18.3. The predicted molar refractivity (Wildman–Crippen MR) is 87.5 cm³/mol. The van der Waals surface area contributed by atoms with Gasteiger partial charge in [0.2, 0.25) is 0 Å². The molecular weight excluding hydrogens is 387 g/mol. The van der Waals surface area contributed by atoms with Gasteiger partial charge in [-0.05, 0) is 52.7 Å². The Balaban J connectivity index is 1.94. The first-order valence-electron chi connectivity index (χ1n) is 7.12. The Bertz CT molecular complexity index is 719. The van der Waals surface area contributed by atoms with E-state index in [-0.39, 0.29) is 6.54 Å². The molecule has 0 saturated carbocycles. The monoisotopic (exact) mass is 401 g/mol. The van der Waals surface area contributed by atoms with Crippen molar-refractivity contribution < 1.29 is 22.7 Å². The molecule has 0 spiro atoms. The predicted octanol–water partition coefficient (Wildman–Crippen LogP) is 4.55. The van der Waals surface area contributed by atoms with Crippen LogP contribution in [0, 0.1) is 0 Å². The highest BCUT2D eigenvalue weighted by molar-refractivity contribution is 9.10. The summed E-state index contributed by atoms with van der Waals surface area (Å²) in [6, 6.07) is 11.9. The van der Waals surface area contributed by atoms with E-state index < -0.39 is 23.8 Å². The zero-order chi connectivity index (χ0) is 17.7. The summed E-state index contributed by atoms with van der Waals surface area (Å²) in [6.07, 6.45) is -5.19. The molecule has 0 aromatic heterocycles. The second-order valence-electron chi connectivity index (χ2n) is 5.11. The Labute approximate surface area is 146 Å². The highest BCUT2D eigenvalue weighted by Gasteiger charge is 2.30. The Kier molecular flexibility index (Phi) is 5.88. The molecule has 24 heavy (non-hydrogen) atoms. The zero-order valence-corrected chi connectivity index (χ0v) is 14.3. The molecule has 0 aliphatic heterocycles. The summed E-state index contributed by atoms with van der Waals surface area (Å²) in [4.78, 5) is 12.0. The third-order valence-corrected chi connectivity index (χ3v) is 3.89. The minimum absolute atomic E-state index is 0.00753. The van der Waals surface area contributed by atoms with E-state index in [1.54, 1.807) is 25.1 Å². The molecule has 128 valence electrons. The molecule has 0 aliphatic rings. The van der Waals surface area contributed by atoms with E-state index >= 15 is 0 Å². The van der Waals surface area contributed by atoms with E-state index in [1.807, 2.05) is 6.07 Å². The van der Waals surface area contributed by atoms with Crippen LogP contribution < -0.4 is 10.1 Å². The molecule has 2 aromatic rings. The lowest BCUT2D eigenvalue weighted by molar-refractivity contribution is -0.137. The minimum atomic E-state index is -4.41. The van der Waals surface area contributed by atoms with Crippen molar-refractivity contribution >= 4 is 21.8 Å². The molecule has 0 radical (unpaired) electrons. The van der Waals surface area contributed by atoms with Crippen molar-refractivity contribution in [3.8, 4) is 5.75 Å². The summed E-state index contributed by atoms with van der Waals surface area (Å²) in [5.74, 6) is 0.0994. The van der Waals surface area contributed by atoms with Gasteiger partial charge < -0.3 is 10.1 Å². The second-order valence-corrected chi connectivity index (χ2v) is 5.96. The van der Waals surface area contributed by atoms with Crippen LogP contribution >= 0.6 is 15.9 Å². The number of hydrogen-bond donors (Lipinski definition) is 1. The normalized spacial score (nSPS) is 12.5. The van der Waals surface area contributed by atoms with Crippen molar-refractivity contribution in [3.63, 3.8) is 0 Å². The van der Waals surface area contributed by atoms with Crippen molar-refractivity contribution in [1.82, 2.24) is 5.32 Å². The summed E-state index contributed by atoms with van der Waals surface area (Å²) >= 11 is 3.31. The Morgan fingerprint density at radius 1 is 1.21 bits per heavy atom. The fourth-order valence-electron chi connectivity index (χ4n) is 1.97. The number of halogens is 4. The van der Waals surface area contributed by atoms with Gasteiger partial charge >= 0.3 is 6.18 Å². The number of para-hydroxylation sites is 1. The largest absolute Gasteiger partial charge is 0.480 e. The number of amides is 1. The van der Waals surface area contributed by atoms with Crippen LogP contribution in [0.5, 0.6) is 5.75 Å². The SMILES string of the molecule is CC(Oc1ccccc1Br)C(=O)NCc1cccc(C(F)(F)F)c1.